The SMILES string of the molecule is CC(C)(C)CCOCc1ccc(C(=N)N)cc1. The Morgan fingerprint density at radius 1 is 1.24 bits per heavy atom. The Hall–Kier alpha value is -1.35. The lowest BCUT2D eigenvalue weighted by Gasteiger charge is -2.17. The van der Waals surface area contributed by atoms with E-state index in [2.05, 4.69) is 20.8 Å². The third-order valence-corrected chi connectivity index (χ3v) is 2.53. The molecule has 0 aliphatic rings. The van der Waals surface area contributed by atoms with Crippen LogP contribution >= 0.6 is 0 Å². The van der Waals surface area contributed by atoms with Crippen molar-refractivity contribution in [3.05, 3.63) is 35.4 Å². The molecule has 3 N–H and O–H groups in total. The molecule has 0 amide bonds. The van der Waals surface area contributed by atoms with Crippen molar-refractivity contribution in [2.45, 2.75) is 33.8 Å². The molecule has 1 aromatic rings. The van der Waals surface area contributed by atoms with Crippen molar-refractivity contribution < 1.29 is 4.74 Å². The average Bonchev–Trinajstić information content (AvgIpc) is 2.24. The molecule has 0 saturated carbocycles. The predicted molar refractivity (Wildman–Crippen MR) is 71.2 cm³/mol. The summed E-state index contributed by atoms with van der Waals surface area (Å²) in [4.78, 5) is 0. The van der Waals surface area contributed by atoms with E-state index in [0.29, 0.717) is 12.0 Å². The minimum atomic E-state index is 0.102. The number of nitrogens with two attached hydrogens (primary N) is 1. The van der Waals surface area contributed by atoms with Crippen LogP contribution in [-0.2, 0) is 11.3 Å². The molecule has 0 aliphatic heterocycles. The van der Waals surface area contributed by atoms with Gasteiger partial charge < -0.3 is 10.5 Å². The Kier molecular flexibility index (Phi) is 4.70. The van der Waals surface area contributed by atoms with Gasteiger partial charge >= 0.3 is 0 Å². The largest absolute Gasteiger partial charge is 0.384 e. The van der Waals surface area contributed by atoms with Crippen LogP contribution in [0.1, 0.15) is 38.3 Å². The van der Waals surface area contributed by atoms with Gasteiger partial charge in [-0.2, -0.15) is 0 Å². The number of ether oxygens (including phenoxy) is 1. The zero-order valence-electron chi connectivity index (χ0n) is 10.9. The molecule has 0 aliphatic carbocycles. The van der Waals surface area contributed by atoms with Crippen molar-refractivity contribution in [1.82, 2.24) is 0 Å². The molecular formula is C14H22N2O. The highest BCUT2D eigenvalue weighted by Gasteiger charge is 2.09. The molecule has 0 heterocycles. The van der Waals surface area contributed by atoms with Gasteiger partial charge in [-0.25, -0.2) is 0 Å². The van der Waals surface area contributed by atoms with E-state index >= 15 is 0 Å². The van der Waals surface area contributed by atoms with Crippen LogP contribution in [0.2, 0.25) is 0 Å². The van der Waals surface area contributed by atoms with Crippen LogP contribution in [-0.4, -0.2) is 12.4 Å². The number of hydrogen-bond acceptors (Lipinski definition) is 2. The molecule has 0 saturated heterocycles. The first-order chi connectivity index (χ1) is 7.88. The Balaban J connectivity index is 2.35. The molecule has 1 rings (SSSR count). The highest BCUT2D eigenvalue weighted by Crippen LogP contribution is 2.18. The van der Waals surface area contributed by atoms with Crippen molar-refractivity contribution in [3.8, 4) is 0 Å². The average molecular weight is 234 g/mol. The summed E-state index contributed by atoms with van der Waals surface area (Å²) in [5, 5.41) is 7.29. The van der Waals surface area contributed by atoms with Gasteiger partial charge in [-0.3, -0.25) is 5.41 Å². The summed E-state index contributed by atoms with van der Waals surface area (Å²) in [5.74, 6) is 0.102. The molecule has 0 aromatic heterocycles. The zero-order valence-corrected chi connectivity index (χ0v) is 10.9. The van der Waals surface area contributed by atoms with Gasteiger partial charge in [0, 0.05) is 12.2 Å². The fraction of sp³-hybridized carbons (Fsp3) is 0.500. The van der Waals surface area contributed by atoms with E-state index in [0.717, 1.165) is 24.2 Å². The fourth-order valence-corrected chi connectivity index (χ4v) is 1.35. The third kappa shape index (κ3) is 5.50. The van der Waals surface area contributed by atoms with Crippen LogP contribution in [0.5, 0.6) is 0 Å². The normalized spacial score (nSPS) is 11.5. The van der Waals surface area contributed by atoms with Gasteiger partial charge in [0.2, 0.25) is 0 Å². The summed E-state index contributed by atoms with van der Waals surface area (Å²) < 4.78 is 5.61. The summed E-state index contributed by atoms with van der Waals surface area (Å²) in [6, 6.07) is 7.61. The summed E-state index contributed by atoms with van der Waals surface area (Å²) in [5.41, 5.74) is 7.57. The molecule has 94 valence electrons. The minimum absolute atomic E-state index is 0.102. The van der Waals surface area contributed by atoms with Crippen LogP contribution in [0.25, 0.3) is 0 Å². The molecule has 0 bridgehead atoms. The van der Waals surface area contributed by atoms with Gasteiger partial charge in [-0.05, 0) is 17.4 Å². The first kappa shape index (κ1) is 13.7. The van der Waals surface area contributed by atoms with Crippen LogP contribution in [0.3, 0.4) is 0 Å². The Morgan fingerprint density at radius 3 is 2.29 bits per heavy atom. The van der Waals surface area contributed by atoms with Crippen LogP contribution < -0.4 is 5.73 Å². The molecule has 17 heavy (non-hydrogen) atoms. The van der Waals surface area contributed by atoms with Crippen molar-refractivity contribution in [1.29, 1.82) is 5.41 Å². The second-order valence-corrected chi connectivity index (χ2v) is 5.47. The van der Waals surface area contributed by atoms with E-state index in [-0.39, 0.29) is 5.84 Å². The molecule has 3 nitrogen and oxygen atoms in total. The molecule has 0 fully saturated rings. The number of nitrogens with one attached hydrogen (secondary N) is 1. The standard InChI is InChI=1S/C14H22N2O/c1-14(2,3)8-9-17-10-11-4-6-12(7-5-11)13(15)16/h4-7H,8-10H2,1-3H3,(H3,15,16). The fourth-order valence-electron chi connectivity index (χ4n) is 1.35. The molecule has 0 spiro atoms. The monoisotopic (exact) mass is 234 g/mol. The zero-order chi connectivity index (χ0) is 12.9. The molecule has 0 unspecified atom stereocenters. The topological polar surface area (TPSA) is 59.1 Å². The second-order valence-electron chi connectivity index (χ2n) is 5.47. The summed E-state index contributed by atoms with van der Waals surface area (Å²) in [7, 11) is 0. The summed E-state index contributed by atoms with van der Waals surface area (Å²) in [6.07, 6.45) is 1.05. The van der Waals surface area contributed by atoms with E-state index in [9.17, 15) is 0 Å². The quantitative estimate of drug-likeness (QED) is 0.467. The lowest BCUT2D eigenvalue weighted by atomic mass is 9.93. The smallest absolute Gasteiger partial charge is 0.122 e. The lowest BCUT2D eigenvalue weighted by Crippen LogP contribution is -2.11. The van der Waals surface area contributed by atoms with Gasteiger partial charge in [0.1, 0.15) is 5.84 Å². The van der Waals surface area contributed by atoms with Gasteiger partial charge in [0.25, 0.3) is 0 Å². The number of amidine groups is 1. The highest BCUT2D eigenvalue weighted by atomic mass is 16.5. The minimum Gasteiger partial charge on any atom is -0.384 e. The van der Waals surface area contributed by atoms with E-state index in [1.807, 2.05) is 24.3 Å². The van der Waals surface area contributed by atoms with Crippen molar-refractivity contribution in [3.63, 3.8) is 0 Å². The van der Waals surface area contributed by atoms with Crippen LogP contribution in [0.4, 0.5) is 0 Å². The Morgan fingerprint density at radius 2 is 1.82 bits per heavy atom. The van der Waals surface area contributed by atoms with Crippen molar-refractivity contribution in [2.24, 2.45) is 11.1 Å². The third-order valence-electron chi connectivity index (χ3n) is 2.53. The van der Waals surface area contributed by atoms with Gasteiger partial charge in [0.05, 0.1) is 6.61 Å². The molecule has 3 heteroatoms. The van der Waals surface area contributed by atoms with Crippen molar-refractivity contribution in [2.75, 3.05) is 6.61 Å². The Bertz CT molecular complexity index is 363. The summed E-state index contributed by atoms with van der Waals surface area (Å²) >= 11 is 0. The number of nitrogen functional groups attached to an aromatic ring is 1. The molecule has 0 atom stereocenters. The van der Waals surface area contributed by atoms with Gasteiger partial charge in [0.15, 0.2) is 0 Å². The maximum Gasteiger partial charge on any atom is 0.122 e. The molecular weight excluding hydrogens is 212 g/mol. The van der Waals surface area contributed by atoms with Crippen molar-refractivity contribution >= 4 is 5.84 Å². The van der Waals surface area contributed by atoms with E-state index < -0.39 is 0 Å². The maximum atomic E-state index is 7.29. The highest BCUT2D eigenvalue weighted by molar-refractivity contribution is 5.94. The number of rotatable bonds is 5. The molecule has 0 radical (unpaired) electrons. The first-order valence-electron chi connectivity index (χ1n) is 5.89. The van der Waals surface area contributed by atoms with Crippen LogP contribution in [0, 0.1) is 10.8 Å². The number of hydrogen-bond donors (Lipinski definition) is 2. The van der Waals surface area contributed by atoms with Gasteiger partial charge in [-0.15, -0.1) is 0 Å². The maximum absolute atomic E-state index is 7.29. The lowest BCUT2D eigenvalue weighted by molar-refractivity contribution is 0.0962. The number of benzene rings is 1. The van der Waals surface area contributed by atoms with E-state index in [4.69, 9.17) is 15.9 Å². The summed E-state index contributed by atoms with van der Waals surface area (Å²) in [6.45, 7) is 8.01. The first-order valence-corrected chi connectivity index (χ1v) is 5.89. The predicted octanol–water partition coefficient (Wildman–Crippen LogP) is 2.92. The van der Waals surface area contributed by atoms with Gasteiger partial charge in [-0.1, -0.05) is 45.0 Å². The Labute approximate surface area is 103 Å². The van der Waals surface area contributed by atoms with E-state index in [1.54, 1.807) is 0 Å². The van der Waals surface area contributed by atoms with Crippen LogP contribution in [0.15, 0.2) is 24.3 Å². The molecule has 1 aromatic carbocycles. The van der Waals surface area contributed by atoms with E-state index in [1.165, 1.54) is 0 Å². The second kappa shape index (κ2) is 5.82.